The number of rotatable bonds is 7. The van der Waals surface area contributed by atoms with Crippen molar-refractivity contribution in [2.45, 2.75) is 12.3 Å². The second kappa shape index (κ2) is 16.1. The molecule has 6 heteroatoms. The van der Waals surface area contributed by atoms with Crippen LogP contribution in [0.25, 0.3) is 100 Å². The summed E-state index contributed by atoms with van der Waals surface area (Å²) in [6, 6.07) is 83.2. The van der Waals surface area contributed by atoms with E-state index in [-0.39, 0.29) is 0 Å². The quantitative estimate of drug-likeness (QED) is 0.159. The maximum atomic E-state index is 6.65. The van der Waals surface area contributed by atoms with Crippen LogP contribution in [-0.4, -0.2) is 15.0 Å². The number of anilines is 3. The van der Waals surface area contributed by atoms with Crippen LogP contribution in [0.2, 0.25) is 0 Å². The molecule has 4 heterocycles. The summed E-state index contributed by atoms with van der Waals surface area (Å²) in [5, 5.41) is 4.10. The van der Waals surface area contributed by atoms with Crippen LogP contribution in [0.15, 0.2) is 245 Å². The predicted molar refractivity (Wildman–Crippen MR) is 288 cm³/mol. The van der Waals surface area contributed by atoms with Crippen LogP contribution in [0.3, 0.4) is 0 Å². The second-order valence-electron chi connectivity index (χ2n) is 18.4. The first-order valence-electron chi connectivity index (χ1n) is 24.0. The molecule has 10 aromatic carbocycles. The monoisotopic (exact) mass is 910 g/mol. The summed E-state index contributed by atoms with van der Waals surface area (Å²) >= 11 is 0. The van der Waals surface area contributed by atoms with E-state index in [1.165, 1.54) is 27.8 Å². The van der Waals surface area contributed by atoms with E-state index >= 15 is 0 Å². The minimum atomic E-state index is -0.595. The van der Waals surface area contributed by atoms with Gasteiger partial charge in [0.15, 0.2) is 17.5 Å². The van der Waals surface area contributed by atoms with E-state index in [9.17, 15) is 0 Å². The van der Waals surface area contributed by atoms with Crippen molar-refractivity contribution < 1.29 is 8.83 Å². The van der Waals surface area contributed by atoms with E-state index in [0.29, 0.717) is 17.5 Å². The maximum Gasteiger partial charge on any atom is 0.164 e. The average Bonchev–Trinajstić information content (AvgIpc) is 4.02. The Morgan fingerprint density at radius 3 is 1.58 bits per heavy atom. The zero-order chi connectivity index (χ0) is 47.0. The largest absolute Gasteiger partial charge is 0.456 e. The van der Waals surface area contributed by atoms with Crippen LogP contribution in [0.5, 0.6) is 0 Å². The molecule has 0 aliphatic carbocycles. The molecule has 6 nitrogen and oxygen atoms in total. The number of hydrogen-bond acceptors (Lipinski definition) is 6. The summed E-state index contributed by atoms with van der Waals surface area (Å²) in [5.41, 5.74) is 16.8. The smallest absolute Gasteiger partial charge is 0.164 e. The molecular formula is C65H42N4O2. The third kappa shape index (κ3) is 6.45. The number of para-hydroxylation sites is 2. The van der Waals surface area contributed by atoms with Crippen LogP contribution >= 0.6 is 0 Å². The lowest BCUT2D eigenvalue weighted by Gasteiger charge is -2.45. The minimum absolute atomic E-state index is 0.581. The molecule has 71 heavy (non-hydrogen) atoms. The van der Waals surface area contributed by atoms with Gasteiger partial charge in [-0.15, -0.1) is 0 Å². The summed E-state index contributed by atoms with van der Waals surface area (Å²) in [6.45, 7) is 2.41. The van der Waals surface area contributed by atoms with E-state index in [4.69, 9.17) is 23.8 Å². The Labute approximate surface area is 409 Å². The molecule has 0 bridgehead atoms. The molecule has 1 aliphatic rings. The molecule has 0 amide bonds. The topological polar surface area (TPSA) is 68.2 Å². The van der Waals surface area contributed by atoms with Crippen molar-refractivity contribution in [1.29, 1.82) is 0 Å². The van der Waals surface area contributed by atoms with Gasteiger partial charge >= 0.3 is 0 Å². The Hall–Kier alpha value is -9.39. The Morgan fingerprint density at radius 2 is 0.831 bits per heavy atom. The van der Waals surface area contributed by atoms with Gasteiger partial charge in [-0.2, -0.15) is 0 Å². The predicted octanol–water partition coefficient (Wildman–Crippen LogP) is 17.1. The van der Waals surface area contributed by atoms with Crippen molar-refractivity contribution >= 4 is 60.9 Å². The van der Waals surface area contributed by atoms with Gasteiger partial charge in [0.1, 0.15) is 22.3 Å². The number of hydrogen-bond donors (Lipinski definition) is 0. The number of aromatic nitrogens is 3. The Bertz CT molecular complexity index is 4140. The fourth-order valence-electron chi connectivity index (χ4n) is 11.1. The highest BCUT2D eigenvalue weighted by Gasteiger charge is 2.43. The molecule has 0 fully saturated rings. The summed E-state index contributed by atoms with van der Waals surface area (Å²) in [7, 11) is 0. The Kier molecular flexibility index (Phi) is 9.23. The molecule has 0 unspecified atom stereocenters. The summed E-state index contributed by atoms with van der Waals surface area (Å²) in [4.78, 5) is 17.7. The van der Waals surface area contributed by atoms with Crippen molar-refractivity contribution in [3.8, 4) is 56.4 Å². The molecular weight excluding hydrogens is 869 g/mol. The summed E-state index contributed by atoms with van der Waals surface area (Å²) in [6.07, 6.45) is 0. The fraction of sp³-hybridized carbons (Fsp3) is 0.0308. The molecule has 14 rings (SSSR count). The van der Waals surface area contributed by atoms with Gasteiger partial charge in [-0.3, -0.25) is 0 Å². The fourth-order valence-corrected chi connectivity index (χ4v) is 11.1. The van der Waals surface area contributed by atoms with E-state index in [2.05, 4.69) is 170 Å². The zero-order valence-corrected chi connectivity index (χ0v) is 38.6. The standard InChI is InChI=1S/C65H42N4O2/c1-65(50-28-13-11-25-46(50)41-19-5-2-6-20-41)51-29-14-15-30-53(51)69(55-31-18-34-59-61(55)47-26-12-16-32-56(47)70-59)54-37-35-45(40-52(54)65)44-36-38-57-49(39-44)60-48(27-17-33-58(60)71-57)64-67-62(42-21-7-3-8-22-42)66-63(68-64)43-23-9-4-10-24-43/h2-40H,1H3/t65-/m0/s1. The highest BCUT2D eigenvalue weighted by atomic mass is 16.3. The van der Waals surface area contributed by atoms with Gasteiger partial charge in [-0.1, -0.05) is 182 Å². The molecule has 334 valence electrons. The van der Waals surface area contributed by atoms with Crippen molar-refractivity contribution in [3.05, 3.63) is 253 Å². The van der Waals surface area contributed by atoms with E-state index in [0.717, 1.165) is 88.8 Å². The average molecular weight is 911 g/mol. The Morgan fingerprint density at radius 1 is 0.324 bits per heavy atom. The van der Waals surface area contributed by atoms with Crippen molar-refractivity contribution in [2.75, 3.05) is 4.90 Å². The Balaban J connectivity index is 0.997. The van der Waals surface area contributed by atoms with Crippen LogP contribution < -0.4 is 4.90 Å². The van der Waals surface area contributed by atoms with Gasteiger partial charge in [-0.25, -0.2) is 15.0 Å². The van der Waals surface area contributed by atoms with Crippen LogP contribution in [0.4, 0.5) is 17.1 Å². The van der Waals surface area contributed by atoms with Gasteiger partial charge in [0, 0.05) is 38.3 Å². The van der Waals surface area contributed by atoms with E-state index in [1.54, 1.807) is 0 Å². The SMILES string of the molecule is C[C@]1(c2ccccc2-c2ccccc2)c2ccccc2N(c2cccc3oc4ccccc4c23)c2ccc(-c3ccc4oc5cccc(-c6nc(-c7ccccc7)nc(-c7ccccc7)n6)c5c4c3)cc21. The molecule has 0 spiro atoms. The molecule has 1 aliphatic heterocycles. The number of fused-ring (bicyclic) bond motifs is 8. The van der Waals surface area contributed by atoms with E-state index < -0.39 is 5.41 Å². The number of furan rings is 2. The van der Waals surface area contributed by atoms with Gasteiger partial charge in [0.2, 0.25) is 0 Å². The molecule has 0 N–H and O–H groups in total. The number of nitrogens with zero attached hydrogens (tertiary/aromatic N) is 4. The molecule has 0 saturated carbocycles. The van der Waals surface area contributed by atoms with Crippen LogP contribution in [0.1, 0.15) is 23.6 Å². The lowest BCUT2D eigenvalue weighted by Crippen LogP contribution is -2.34. The molecule has 0 radical (unpaired) electrons. The third-order valence-corrected chi connectivity index (χ3v) is 14.4. The highest BCUT2D eigenvalue weighted by molar-refractivity contribution is 6.15. The van der Waals surface area contributed by atoms with Crippen molar-refractivity contribution in [3.63, 3.8) is 0 Å². The van der Waals surface area contributed by atoms with Crippen LogP contribution in [0, 0.1) is 0 Å². The van der Waals surface area contributed by atoms with Crippen LogP contribution in [-0.2, 0) is 5.41 Å². The van der Waals surface area contributed by atoms with Gasteiger partial charge in [-0.05, 0) is 100 Å². The first kappa shape index (κ1) is 40.7. The normalized spacial score (nSPS) is 14.3. The first-order valence-corrected chi connectivity index (χ1v) is 24.0. The van der Waals surface area contributed by atoms with E-state index in [1.807, 2.05) is 78.9 Å². The van der Waals surface area contributed by atoms with Gasteiger partial charge in [0.25, 0.3) is 0 Å². The third-order valence-electron chi connectivity index (χ3n) is 14.4. The van der Waals surface area contributed by atoms with Gasteiger partial charge < -0.3 is 13.7 Å². The molecule has 1 atom stereocenters. The summed E-state index contributed by atoms with van der Waals surface area (Å²) < 4.78 is 13.2. The van der Waals surface area contributed by atoms with Crippen molar-refractivity contribution in [2.24, 2.45) is 0 Å². The second-order valence-corrected chi connectivity index (χ2v) is 18.4. The number of benzene rings is 10. The molecule has 13 aromatic rings. The minimum Gasteiger partial charge on any atom is -0.456 e. The maximum absolute atomic E-state index is 6.65. The van der Waals surface area contributed by atoms with Gasteiger partial charge in [0.05, 0.1) is 22.4 Å². The molecule has 3 aromatic heterocycles. The summed E-state index contributed by atoms with van der Waals surface area (Å²) in [5.74, 6) is 1.80. The first-order chi connectivity index (χ1) is 35.1. The lowest BCUT2D eigenvalue weighted by molar-refractivity contribution is 0.668. The lowest BCUT2D eigenvalue weighted by atomic mass is 9.65. The molecule has 0 saturated heterocycles. The zero-order valence-electron chi connectivity index (χ0n) is 38.6. The van der Waals surface area contributed by atoms with Crippen molar-refractivity contribution in [1.82, 2.24) is 15.0 Å². The highest BCUT2D eigenvalue weighted by Crippen LogP contribution is 2.58.